The van der Waals surface area contributed by atoms with Crippen LogP contribution >= 0.6 is 11.6 Å². The van der Waals surface area contributed by atoms with Crippen molar-refractivity contribution < 1.29 is 29.3 Å². The molecule has 218 valence electrons. The minimum absolute atomic E-state index is 0.155. The Morgan fingerprint density at radius 1 is 1.24 bits per heavy atom. The third-order valence-electron chi connectivity index (χ3n) is 7.53. The minimum atomic E-state index is -1.14. The van der Waals surface area contributed by atoms with Gasteiger partial charge in [0.25, 0.3) is 5.56 Å². The number of ether oxygens (including phenoxy) is 2. The Bertz CT molecular complexity index is 1450. The molecule has 0 bridgehead atoms. The summed E-state index contributed by atoms with van der Waals surface area (Å²) < 4.78 is 13.2. The molecule has 41 heavy (non-hydrogen) atoms. The number of hydrogen-bond acceptors (Lipinski definition) is 6. The van der Waals surface area contributed by atoms with Crippen LogP contribution in [0.1, 0.15) is 55.5 Å². The van der Waals surface area contributed by atoms with Crippen molar-refractivity contribution in [3.8, 4) is 11.5 Å². The van der Waals surface area contributed by atoms with Crippen LogP contribution in [0.2, 0.25) is 0 Å². The number of carboxylic acids is 1. The second-order valence-electron chi connectivity index (χ2n) is 10.5. The zero-order valence-electron chi connectivity index (χ0n) is 22.8. The molecule has 0 aliphatic heterocycles. The first kappa shape index (κ1) is 28.8. The van der Waals surface area contributed by atoms with Gasteiger partial charge in [0, 0.05) is 30.3 Å². The first-order valence-corrected chi connectivity index (χ1v) is 14.3. The number of anilines is 1. The second kappa shape index (κ2) is 12.0. The highest BCUT2D eigenvalue weighted by atomic mass is 35.5. The number of aliphatic carboxylic acids is 1. The molecule has 0 saturated heterocycles. The topological polar surface area (TPSA) is 139 Å². The van der Waals surface area contributed by atoms with E-state index < -0.39 is 35.1 Å². The lowest BCUT2D eigenvalue weighted by Gasteiger charge is -2.33. The lowest BCUT2D eigenvalue weighted by Crippen LogP contribution is -2.40. The molecule has 1 heterocycles. The Labute approximate surface area is 242 Å². The number of halogens is 1. The number of fused-ring (bicyclic) bond motifs is 1. The number of rotatable bonds is 11. The van der Waals surface area contributed by atoms with Gasteiger partial charge in [-0.2, -0.15) is 0 Å². The first-order chi connectivity index (χ1) is 19.7. The summed E-state index contributed by atoms with van der Waals surface area (Å²) in [7, 11) is 0. The molecule has 1 fully saturated rings. The van der Waals surface area contributed by atoms with E-state index >= 15 is 0 Å². The molecule has 11 heteroatoms. The zero-order valence-corrected chi connectivity index (χ0v) is 23.5. The van der Waals surface area contributed by atoms with Crippen molar-refractivity contribution in [1.29, 1.82) is 0 Å². The molecule has 10 nitrogen and oxygen atoms in total. The third-order valence-corrected chi connectivity index (χ3v) is 8.05. The fraction of sp³-hybridized carbons (Fsp3) is 0.433. The smallest absolute Gasteiger partial charge is 0.319 e. The molecule has 3 aliphatic carbocycles. The fourth-order valence-corrected chi connectivity index (χ4v) is 5.74. The number of carbonyl (C=O) groups excluding carboxylic acids is 1. The van der Waals surface area contributed by atoms with Gasteiger partial charge in [0.1, 0.15) is 11.5 Å². The summed E-state index contributed by atoms with van der Waals surface area (Å²) in [5.74, 6) is -1.17. The largest absolute Gasteiger partial charge is 0.505 e. The molecule has 1 aromatic carbocycles. The molecule has 3 aliphatic rings. The van der Waals surface area contributed by atoms with Crippen LogP contribution in [0.3, 0.4) is 0 Å². The number of benzene rings is 1. The van der Waals surface area contributed by atoms with Gasteiger partial charge < -0.3 is 34.9 Å². The summed E-state index contributed by atoms with van der Waals surface area (Å²) in [6, 6.07) is 5.20. The number of aromatic hydroxyl groups is 1. The van der Waals surface area contributed by atoms with E-state index in [9.17, 15) is 24.6 Å². The van der Waals surface area contributed by atoms with Gasteiger partial charge in [-0.15, -0.1) is 0 Å². The molecule has 2 amide bonds. The summed E-state index contributed by atoms with van der Waals surface area (Å²) in [4.78, 5) is 38.6. The van der Waals surface area contributed by atoms with Crippen molar-refractivity contribution in [3.63, 3.8) is 0 Å². The maximum Gasteiger partial charge on any atom is 0.319 e. The molecule has 5 rings (SSSR count). The number of aromatic nitrogens is 1. The van der Waals surface area contributed by atoms with Crippen molar-refractivity contribution in [3.05, 3.63) is 75.7 Å². The van der Waals surface area contributed by atoms with Crippen LogP contribution in [-0.2, 0) is 28.9 Å². The van der Waals surface area contributed by atoms with Gasteiger partial charge in [0.2, 0.25) is 0 Å². The van der Waals surface area contributed by atoms with Crippen molar-refractivity contribution in [2.75, 3.05) is 11.9 Å². The van der Waals surface area contributed by atoms with Crippen molar-refractivity contribution in [2.45, 2.75) is 69.2 Å². The number of hydrogen-bond donors (Lipinski definition) is 4. The molecule has 0 radical (unpaired) electrons. The molecule has 2 unspecified atom stereocenters. The van der Waals surface area contributed by atoms with Gasteiger partial charge in [-0.3, -0.25) is 9.59 Å². The number of amides is 2. The third kappa shape index (κ3) is 6.44. The van der Waals surface area contributed by atoms with Gasteiger partial charge in [-0.05, 0) is 62.8 Å². The van der Waals surface area contributed by atoms with E-state index in [1.807, 2.05) is 19.1 Å². The lowest BCUT2D eigenvalue weighted by atomic mass is 9.96. The van der Waals surface area contributed by atoms with E-state index in [1.54, 1.807) is 41.0 Å². The van der Waals surface area contributed by atoms with Crippen LogP contribution in [0.5, 0.6) is 11.5 Å². The number of pyridine rings is 1. The molecule has 1 saturated carbocycles. The number of carboxylic acid groups (broad SMARTS) is 1. The molecule has 3 atom stereocenters. The van der Waals surface area contributed by atoms with E-state index in [1.165, 1.54) is 0 Å². The molecule has 1 aromatic heterocycles. The Morgan fingerprint density at radius 2 is 2.05 bits per heavy atom. The summed E-state index contributed by atoms with van der Waals surface area (Å²) in [6.07, 6.45) is 10.8. The predicted octanol–water partition coefficient (Wildman–Crippen LogP) is 4.64. The summed E-state index contributed by atoms with van der Waals surface area (Å²) in [6.45, 7) is 2.39. The van der Waals surface area contributed by atoms with Crippen LogP contribution in [0, 0.1) is 5.92 Å². The lowest BCUT2D eigenvalue weighted by molar-refractivity contribution is -0.137. The SMILES string of the molecule is CCOC1(Cl)C=CC=CC1Cn1c2c(c(O)c(NC(=O)N[C@@H](CC(=O)O)c3cccc(OC4CC4)c3)c1=O)CCC2. The average molecular weight is 584 g/mol. The number of urea groups is 1. The van der Waals surface area contributed by atoms with Crippen LogP contribution in [0.25, 0.3) is 0 Å². The van der Waals surface area contributed by atoms with Crippen LogP contribution < -0.4 is 20.9 Å². The van der Waals surface area contributed by atoms with Crippen LogP contribution in [0.4, 0.5) is 10.5 Å². The van der Waals surface area contributed by atoms with Crippen molar-refractivity contribution in [1.82, 2.24) is 9.88 Å². The number of allylic oxidation sites excluding steroid dienone is 2. The second-order valence-corrected chi connectivity index (χ2v) is 11.1. The minimum Gasteiger partial charge on any atom is -0.505 e. The van der Waals surface area contributed by atoms with E-state index in [-0.39, 0.29) is 30.0 Å². The Kier molecular flexibility index (Phi) is 8.42. The Hall–Kier alpha value is -3.76. The highest BCUT2D eigenvalue weighted by molar-refractivity contribution is 6.24. The van der Waals surface area contributed by atoms with Gasteiger partial charge in [0.15, 0.2) is 10.7 Å². The highest BCUT2D eigenvalue weighted by Crippen LogP contribution is 2.38. The van der Waals surface area contributed by atoms with E-state index in [2.05, 4.69) is 10.6 Å². The standard InChI is InChI=1S/C30H34ClN3O7/c1-2-40-30(31)14-4-3-8-19(30)17-34-24-11-6-10-22(24)27(37)26(28(34)38)33-29(39)32-23(16-25(35)36)18-7-5-9-21(15-18)41-20-12-13-20/h3-5,7-9,14-15,19-20,23,37H,2,6,10-13,16-17H2,1H3,(H,35,36)(H2,32,33,39)/t19?,23-,30?/m0/s1. The molecule has 0 spiro atoms. The number of nitrogens with one attached hydrogen (secondary N) is 2. The van der Waals surface area contributed by atoms with Gasteiger partial charge in [-0.25, -0.2) is 4.79 Å². The fourth-order valence-electron chi connectivity index (χ4n) is 5.41. The number of nitrogens with zero attached hydrogens (tertiary/aromatic N) is 1. The van der Waals surface area contributed by atoms with Crippen LogP contribution in [0.15, 0.2) is 53.4 Å². The quantitative estimate of drug-likeness (QED) is 0.283. The van der Waals surface area contributed by atoms with Gasteiger partial charge in [0.05, 0.1) is 18.6 Å². The maximum atomic E-state index is 13.7. The van der Waals surface area contributed by atoms with Crippen molar-refractivity contribution >= 4 is 29.3 Å². The van der Waals surface area contributed by atoms with Crippen LogP contribution in [-0.4, -0.2) is 44.6 Å². The Balaban J connectivity index is 1.41. The number of carbonyl (C=O) groups is 2. The first-order valence-electron chi connectivity index (χ1n) is 13.9. The average Bonchev–Trinajstić information content (AvgIpc) is 3.61. The maximum absolute atomic E-state index is 13.7. The van der Waals surface area contributed by atoms with E-state index in [0.717, 1.165) is 19.3 Å². The van der Waals surface area contributed by atoms with E-state index in [4.69, 9.17) is 21.1 Å². The summed E-state index contributed by atoms with van der Waals surface area (Å²) >= 11 is 6.79. The Morgan fingerprint density at radius 3 is 2.78 bits per heavy atom. The highest BCUT2D eigenvalue weighted by Gasteiger charge is 2.37. The molecular formula is C30H34ClN3O7. The van der Waals surface area contributed by atoms with Crippen molar-refractivity contribution in [2.24, 2.45) is 5.92 Å². The monoisotopic (exact) mass is 583 g/mol. The van der Waals surface area contributed by atoms with Gasteiger partial charge in [-0.1, -0.05) is 42.0 Å². The molecule has 4 N–H and O–H groups in total. The predicted molar refractivity (Wildman–Crippen MR) is 154 cm³/mol. The normalized spacial score (nSPS) is 21.8. The summed E-state index contributed by atoms with van der Waals surface area (Å²) in [5.41, 5.74) is 0.996. The molecule has 2 aromatic rings. The number of alkyl halides is 1. The molecular weight excluding hydrogens is 550 g/mol. The zero-order chi connectivity index (χ0) is 29.1. The van der Waals surface area contributed by atoms with Gasteiger partial charge >= 0.3 is 12.0 Å². The van der Waals surface area contributed by atoms with E-state index in [0.29, 0.717) is 42.0 Å². The summed E-state index contributed by atoms with van der Waals surface area (Å²) in [5, 5.41) is 24.6.